The van der Waals surface area contributed by atoms with Gasteiger partial charge in [0.1, 0.15) is 17.7 Å². The maximum absolute atomic E-state index is 11.4. The fourth-order valence-electron chi connectivity index (χ4n) is 2.13. The van der Waals surface area contributed by atoms with E-state index in [1.165, 1.54) is 18.2 Å². The van der Waals surface area contributed by atoms with Crippen molar-refractivity contribution in [2.24, 2.45) is 5.16 Å². The zero-order valence-electron chi connectivity index (χ0n) is 13.5. The first-order chi connectivity index (χ1) is 11.8. The Hall–Kier alpha value is -2.44. The van der Waals surface area contributed by atoms with Crippen molar-refractivity contribution in [3.8, 4) is 17.2 Å². The first kappa shape index (κ1) is 18.9. The van der Waals surface area contributed by atoms with Crippen LogP contribution in [0, 0.1) is 0 Å². The average molecular weight is 383 g/mol. The van der Waals surface area contributed by atoms with E-state index >= 15 is 0 Å². The highest BCUT2D eigenvalue weighted by atomic mass is 35.5. The van der Waals surface area contributed by atoms with E-state index in [2.05, 4.69) is 10.5 Å². The number of halogens is 2. The minimum Gasteiger partial charge on any atom is -0.508 e. The van der Waals surface area contributed by atoms with Crippen molar-refractivity contribution in [1.29, 1.82) is 0 Å². The Morgan fingerprint density at radius 1 is 1.24 bits per heavy atom. The van der Waals surface area contributed by atoms with Crippen LogP contribution in [0.25, 0.3) is 0 Å². The van der Waals surface area contributed by atoms with Crippen molar-refractivity contribution in [1.82, 2.24) is 0 Å². The Labute approximate surface area is 154 Å². The third-order valence-electron chi connectivity index (χ3n) is 3.28. The van der Waals surface area contributed by atoms with E-state index in [0.29, 0.717) is 17.7 Å². The third kappa shape index (κ3) is 4.78. The molecule has 6 nitrogen and oxygen atoms in total. The molecule has 0 unspecified atom stereocenters. The van der Waals surface area contributed by atoms with E-state index in [4.69, 9.17) is 33.1 Å². The lowest BCUT2D eigenvalue weighted by Crippen LogP contribution is -2.12. The number of oxime groups is 1. The van der Waals surface area contributed by atoms with E-state index in [1.54, 1.807) is 12.1 Å². The quantitative estimate of drug-likeness (QED) is 0.384. The monoisotopic (exact) mass is 382 g/mol. The Kier molecular flexibility index (Phi) is 6.12. The normalized spacial score (nSPS) is 11.1. The molecule has 0 aromatic heterocycles. The fraction of sp³-hybridized carbons (Fsp3) is 0.176. The van der Waals surface area contributed by atoms with E-state index in [0.717, 1.165) is 5.56 Å². The van der Waals surface area contributed by atoms with E-state index in [1.807, 2.05) is 13.8 Å². The van der Waals surface area contributed by atoms with Crippen LogP contribution in [-0.2, 0) is 4.79 Å². The van der Waals surface area contributed by atoms with Gasteiger partial charge in [-0.25, -0.2) is 0 Å². The maximum Gasteiger partial charge on any atom is 0.270 e. The molecule has 1 amide bonds. The lowest BCUT2D eigenvalue weighted by molar-refractivity contribution is -0.110. The second-order valence-corrected chi connectivity index (χ2v) is 6.29. The van der Waals surface area contributed by atoms with Crippen LogP contribution < -0.4 is 10.1 Å². The van der Waals surface area contributed by atoms with Crippen molar-refractivity contribution in [3.63, 3.8) is 0 Å². The SMILES string of the molecule is CC(C)c1cc(Oc2c(Cl)cc(NC(=O)/C=N/O)cc2Cl)ccc1O. The van der Waals surface area contributed by atoms with Crippen molar-refractivity contribution < 1.29 is 19.8 Å². The number of carbonyl (C=O) groups excluding carboxylic acids is 1. The molecule has 0 bridgehead atoms. The highest BCUT2D eigenvalue weighted by molar-refractivity contribution is 6.38. The molecular formula is C17H16Cl2N2O4. The summed E-state index contributed by atoms with van der Waals surface area (Å²) in [7, 11) is 0. The summed E-state index contributed by atoms with van der Waals surface area (Å²) in [6.07, 6.45) is 0.704. The first-order valence-corrected chi connectivity index (χ1v) is 8.05. The van der Waals surface area contributed by atoms with Crippen LogP contribution in [-0.4, -0.2) is 22.4 Å². The van der Waals surface area contributed by atoms with Crippen LogP contribution in [0.3, 0.4) is 0 Å². The summed E-state index contributed by atoms with van der Waals surface area (Å²) in [5.74, 6) is 0.346. The molecule has 0 aliphatic rings. The molecule has 2 rings (SSSR count). The Morgan fingerprint density at radius 2 is 1.88 bits per heavy atom. The number of hydrogen-bond acceptors (Lipinski definition) is 5. The summed E-state index contributed by atoms with van der Waals surface area (Å²) in [4.78, 5) is 11.4. The van der Waals surface area contributed by atoms with Gasteiger partial charge in [0.25, 0.3) is 5.91 Å². The molecule has 0 aliphatic carbocycles. The summed E-state index contributed by atoms with van der Waals surface area (Å²) in [6, 6.07) is 7.75. The van der Waals surface area contributed by atoms with Crippen LogP contribution in [0.5, 0.6) is 17.2 Å². The van der Waals surface area contributed by atoms with Gasteiger partial charge in [-0.2, -0.15) is 0 Å². The summed E-state index contributed by atoms with van der Waals surface area (Å²) < 4.78 is 5.74. The standard InChI is InChI=1S/C17H16Cl2N2O4/c1-9(2)12-7-11(3-4-15(12)22)25-17-13(18)5-10(6-14(17)19)21-16(23)8-20-24/h3-9,22,24H,1-2H3,(H,21,23)/b20-8+. The van der Waals surface area contributed by atoms with Gasteiger partial charge in [-0.15, -0.1) is 0 Å². The number of nitrogens with one attached hydrogen (secondary N) is 1. The fourth-order valence-corrected chi connectivity index (χ4v) is 2.70. The molecule has 2 aromatic carbocycles. The van der Waals surface area contributed by atoms with Gasteiger partial charge in [-0.1, -0.05) is 42.2 Å². The molecule has 0 radical (unpaired) electrons. The van der Waals surface area contributed by atoms with Gasteiger partial charge in [0.15, 0.2) is 5.75 Å². The number of carbonyl (C=O) groups is 1. The molecule has 132 valence electrons. The predicted molar refractivity (Wildman–Crippen MR) is 97.6 cm³/mol. The Bertz CT molecular complexity index is 799. The molecule has 8 heteroatoms. The lowest BCUT2D eigenvalue weighted by atomic mass is 10.0. The van der Waals surface area contributed by atoms with Gasteiger partial charge < -0.3 is 20.4 Å². The molecular weight excluding hydrogens is 367 g/mol. The van der Waals surface area contributed by atoms with Crippen molar-refractivity contribution >= 4 is 41.0 Å². The molecule has 0 saturated carbocycles. The van der Waals surface area contributed by atoms with Crippen LogP contribution in [0.1, 0.15) is 25.3 Å². The number of nitrogens with zero attached hydrogens (tertiary/aromatic N) is 1. The van der Waals surface area contributed by atoms with Crippen LogP contribution in [0.15, 0.2) is 35.5 Å². The molecule has 2 aromatic rings. The second kappa shape index (κ2) is 8.09. The van der Waals surface area contributed by atoms with E-state index in [9.17, 15) is 9.90 Å². The van der Waals surface area contributed by atoms with Gasteiger partial charge in [0, 0.05) is 11.3 Å². The molecule has 3 N–H and O–H groups in total. The number of hydrogen-bond donors (Lipinski definition) is 3. The highest BCUT2D eigenvalue weighted by Crippen LogP contribution is 2.40. The van der Waals surface area contributed by atoms with E-state index < -0.39 is 5.91 Å². The molecule has 0 spiro atoms. The van der Waals surface area contributed by atoms with Gasteiger partial charge in [-0.05, 0) is 36.2 Å². The van der Waals surface area contributed by atoms with E-state index in [-0.39, 0.29) is 27.5 Å². The number of ether oxygens (including phenoxy) is 1. The smallest absolute Gasteiger partial charge is 0.270 e. The molecule has 0 saturated heterocycles. The number of amides is 1. The summed E-state index contributed by atoms with van der Waals surface area (Å²) in [6.45, 7) is 3.90. The van der Waals surface area contributed by atoms with Crippen molar-refractivity contribution in [2.45, 2.75) is 19.8 Å². The summed E-state index contributed by atoms with van der Waals surface area (Å²) >= 11 is 12.4. The first-order valence-electron chi connectivity index (χ1n) is 7.30. The summed E-state index contributed by atoms with van der Waals surface area (Å²) in [5, 5.41) is 23.6. The summed E-state index contributed by atoms with van der Waals surface area (Å²) in [5.41, 5.74) is 1.05. The van der Waals surface area contributed by atoms with Crippen LogP contribution in [0.2, 0.25) is 10.0 Å². The maximum atomic E-state index is 11.4. The largest absolute Gasteiger partial charge is 0.508 e. The number of benzene rings is 2. The Morgan fingerprint density at radius 3 is 2.44 bits per heavy atom. The number of anilines is 1. The minimum absolute atomic E-state index is 0.111. The lowest BCUT2D eigenvalue weighted by Gasteiger charge is -2.14. The molecule has 0 aliphatic heterocycles. The molecule has 25 heavy (non-hydrogen) atoms. The average Bonchev–Trinajstić information content (AvgIpc) is 2.52. The second-order valence-electron chi connectivity index (χ2n) is 5.48. The van der Waals surface area contributed by atoms with Gasteiger partial charge in [0.05, 0.1) is 10.0 Å². The minimum atomic E-state index is -0.636. The molecule has 0 fully saturated rings. The highest BCUT2D eigenvalue weighted by Gasteiger charge is 2.14. The third-order valence-corrected chi connectivity index (χ3v) is 3.84. The number of phenols is 1. The zero-order valence-corrected chi connectivity index (χ0v) is 15.0. The van der Waals surface area contributed by atoms with Gasteiger partial charge in [-0.3, -0.25) is 4.79 Å². The van der Waals surface area contributed by atoms with Crippen LogP contribution >= 0.6 is 23.2 Å². The zero-order chi connectivity index (χ0) is 18.6. The number of aromatic hydroxyl groups is 1. The predicted octanol–water partition coefficient (Wildman–Crippen LogP) is 5.01. The number of rotatable bonds is 5. The van der Waals surface area contributed by atoms with Crippen LogP contribution in [0.4, 0.5) is 5.69 Å². The molecule has 0 atom stereocenters. The van der Waals surface area contributed by atoms with Crippen molar-refractivity contribution in [2.75, 3.05) is 5.32 Å². The van der Waals surface area contributed by atoms with Crippen molar-refractivity contribution in [3.05, 3.63) is 45.9 Å². The van der Waals surface area contributed by atoms with Gasteiger partial charge >= 0.3 is 0 Å². The number of phenolic OH excluding ortho intramolecular Hbond substituents is 1. The molecule has 0 heterocycles. The Balaban J connectivity index is 2.29. The topological polar surface area (TPSA) is 91.2 Å². The van der Waals surface area contributed by atoms with Gasteiger partial charge in [0.2, 0.25) is 0 Å².